The third-order valence-corrected chi connectivity index (χ3v) is 2.66. The Morgan fingerprint density at radius 2 is 2.11 bits per heavy atom. The standard InChI is InChI=1S/C14H17N3O/c1-14(2,3)13(18)17-12-9-16-7-5-11(12)10-4-6-15-8-10/h4-9,15H,1-3H3,(H,17,18). The van der Waals surface area contributed by atoms with E-state index in [-0.39, 0.29) is 5.91 Å². The molecule has 0 radical (unpaired) electrons. The maximum absolute atomic E-state index is 12.0. The monoisotopic (exact) mass is 243 g/mol. The Kier molecular flexibility index (Phi) is 3.19. The fourth-order valence-electron chi connectivity index (χ4n) is 1.55. The van der Waals surface area contributed by atoms with Crippen molar-refractivity contribution in [2.24, 2.45) is 5.41 Å². The molecule has 18 heavy (non-hydrogen) atoms. The van der Waals surface area contributed by atoms with E-state index >= 15 is 0 Å². The van der Waals surface area contributed by atoms with Crippen LogP contribution in [0.25, 0.3) is 11.1 Å². The predicted octanol–water partition coefficient (Wildman–Crippen LogP) is 3.06. The quantitative estimate of drug-likeness (QED) is 0.851. The number of nitrogens with zero attached hydrogens (tertiary/aromatic N) is 1. The van der Waals surface area contributed by atoms with E-state index in [2.05, 4.69) is 15.3 Å². The van der Waals surface area contributed by atoms with Crippen LogP contribution in [0.15, 0.2) is 36.9 Å². The number of hydrogen-bond donors (Lipinski definition) is 2. The normalized spacial score (nSPS) is 11.3. The zero-order valence-electron chi connectivity index (χ0n) is 10.8. The van der Waals surface area contributed by atoms with Gasteiger partial charge in [-0.1, -0.05) is 20.8 Å². The minimum Gasteiger partial charge on any atom is -0.367 e. The van der Waals surface area contributed by atoms with Crippen molar-refractivity contribution in [3.8, 4) is 11.1 Å². The summed E-state index contributed by atoms with van der Waals surface area (Å²) in [7, 11) is 0. The second kappa shape index (κ2) is 4.64. The molecule has 0 aromatic carbocycles. The molecule has 0 saturated heterocycles. The fraction of sp³-hybridized carbons (Fsp3) is 0.286. The van der Waals surface area contributed by atoms with Gasteiger partial charge in [-0.25, -0.2) is 0 Å². The molecule has 0 spiro atoms. The molecule has 4 heteroatoms. The Morgan fingerprint density at radius 3 is 2.72 bits per heavy atom. The number of anilines is 1. The number of H-pyrrole nitrogens is 1. The van der Waals surface area contributed by atoms with E-state index in [0.717, 1.165) is 16.8 Å². The van der Waals surface area contributed by atoms with Crippen LogP contribution in [0, 0.1) is 5.41 Å². The molecule has 4 nitrogen and oxygen atoms in total. The highest BCUT2D eigenvalue weighted by atomic mass is 16.2. The van der Waals surface area contributed by atoms with Gasteiger partial charge >= 0.3 is 0 Å². The Balaban J connectivity index is 2.32. The van der Waals surface area contributed by atoms with Crippen molar-refractivity contribution in [2.75, 3.05) is 5.32 Å². The molecule has 0 fully saturated rings. The second-order valence-corrected chi connectivity index (χ2v) is 5.23. The molecular formula is C14H17N3O. The first kappa shape index (κ1) is 12.4. The van der Waals surface area contributed by atoms with Crippen molar-refractivity contribution in [1.29, 1.82) is 0 Å². The van der Waals surface area contributed by atoms with E-state index in [1.165, 1.54) is 0 Å². The maximum Gasteiger partial charge on any atom is 0.229 e. The molecule has 0 aliphatic carbocycles. The smallest absolute Gasteiger partial charge is 0.229 e. The summed E-state index contributed by atoms with van der Waals surface area (Å²) < 4.78 is 0. The summed E-state index contributed by atoms with van der Waals surface area (Å²) in [6.07, 6.45) is 7.13. The summed E-state index contributed by atoms with van der Waals surface area (Å²) in [6, 6.07) is 3.85. The Hall–Kier alpha value is -2.10. The van der Waals surface area contributed by atoms with Crippen LogP contribution in [0.1, 0.15) is 20.8 Å². The Bertz CT molecular complexity index is 538. The van der Waals surface area contributed by atoms with Gasteiger partial charge in [-0.2, -0.15) is 0 Å². The molecule has 0 aliphatic rings. The van der Waals surface area contributed by atoms with Crippen LogP contribution >= 0.6 is 0 Å². The second-order valence-electron chi connectivity index (χ2n) is 5.23. The highest BCUT2D eigenvalue weighted by molar-refractivity contribution is 5.97. The maximum atomic E-state index is 12.0. The number of hydrogen-bond acceptors (Lipinski definition) is 2. The topological polar surface area (TPSA) is 57.8 Å². The van der Waals surface area contributed by atoms with Crippen molar-refractivity contribution in [1.82, 2.24) is 9.97 Å². The lowest BCUT2D eigenvalue weighted by atomic mass is 9.95. The van der Waals surface area contributed by atoms with E-state index in [1.807, 2.05) is 45.3 Å². The van der Waals surface area contributed by atoms with Crippen molar-refractivity contribution >= 4 is 11.6 Å². The molecular weight excluding hydrogens is 226 g/mol. The average molecular weight is 243 g/mol. The molecule has 2 aromatic heterocycles. The molecule has 2 aromatic rings. The van der Waals surface area contributed by atoms with Crippen molar-refractivity contribution in [3.63, 3.8) is 0 Å². The molecule has 2 N–H and O–H groups in total. The first-order chi connectivity index (χ1) is 8.48. The lowest BCUT2D eigenvalue weighted by molar-refractivity contribution is -0.123. The van der Waals surface area contributed by atoms with Gasteiger partial charge in [0.15, 0.2) is 0 Å². The molecule has 0 saturated carbocycles. The predicted molar refractivity (Wildman–Crippen MR) is 72.1 cm³/mol. The summed E-state index contributed by atoms with van der Waals surface area (Å²) in [6.45, 7) is 5.65. The number of aromatic nitrogens is 2. The highest BCUT2D eigenvalue weighted by Crippen LogP contribution is 2.28. The summed E-state index contributed by atoms with van der Waals surface area (Å²) in [5.41, 5.74) is 2.30. The van der Waals surface area contributed by atoms with Crippen LogP contribution in [0.5, 0.6) is 0 Å². The van der Waals surface area contributed by atoms with E-state index in [4.69, 9.17) is 0 Å². The molecule has 0 bridgehead atoms. The van der Waals surface area contributed by atoms with Gasteiger partial charge in [-0.3, -0.25) is 9.78 Å². The highest BCUT2D eigenvalue weighted by Gasteiger charge is 2.22. The first-order valence-electron chi connectivity index (χ1n) is 5.87. The zero-order valence-corrected chi connectivity index (χ0v) is 10.8. The molecule has 2 heterocycles. The average Bonchev–Trinajstić information content (AvgIpc) is 2.82. The number of pyridine rings is 1. The largest absolute Gasteiger partial charge is 0.367 e. The lowest BCUT2D eigenvalue weighted by Gasteiger charge is -2.18. The van der Waals surface area contributed by atoms with Crippen molar-refractivity contribution in [3.05, 3.63) is 36.9 Å². The summed E-state index contributed by atoms with van der Waals surface area (Å²) >= 11 is 0. The summed E-state index contributed by atoms with van der Waals surface area (Å²) in [5, 5.41) is 2.92. The number of aromatic amines is 1. The van der Waals surface area contributed by atoms with Gasteiger partial charge in [-0.05, 0) is 12.1 Å². The van der Waals surface area contributed by atoms with Crippen LogP contribution < -0.4 is 5.32 Å². The van der Waals surface area contributed by atoms with Gasteiger partial charge in [0.05, 0.1) is 11.9 Å². The number of amides is 1. The molecule has 0 atom stereocenters. The lowest BCUT2D eigenvalue weighted by Crippen LogP contribution is -2.27. The molecule has 0 unspecified atom stereocenters. The molecule has 0 aliphatic heterocycles. The van der Waals surface area contributed by atoms with Crippen LogP contribution in [-0.4, -0.2) is 15.9 Å². The number of rotatable bonds is 2. The molecule has 94 valence electrons. The van der Waals surface area contributed by atoms with Gasteiger partial charge in [0.1, 0.15) is 0 Å². The van der Waals surface area contributed by atoms with E-state index < -0.39 is 5.41 Å². The van der Waals surface area contributed by atoms with Gasteiger partial charge in [0, 0.05) is 35.1 Å². The summed E-state index contributed by atoms with van der Waals surface area (Å²) in [5.74, 6) is -0.0210. The summed E-state index contributed by atoms with van der Waals surface area (Å²) in [4.78, 5) is 19.1. The van der Waals surface area contributed by atoms with Crippen LogP contribution in [-0.2, 0) is 4.79 Å². The van der Waals surface area contributed by atoms with Crippen LogP contribution in [0.4, 0.5) is 5.69 Å². The minimum absolute atomic E-state index is 0.0210. The van der Waals surface area contributed by atoms with E-state index in [0.29, 0.717) is 0 Å². The van der Waals surface area contributed by atoms with E-state index in [1.54, 1.807) is 12.4 Å². The third kappa shape index (κ3) is 2.59. The minimum atomic E-state index is -0.425. The van der Waals surface area contributed by atoms with Gasteiger partial charge in [-0.15, -0.1) is 0 Å². The van der Waals surface area contributed by atoms with Gasteiger partial charge in [0.25, 0.3) is 0 Å². The third-order valence-electron chi connectivity index (χ3n) is 2.66. The van der Waals surface area contributed by atoms with Crippen molar-refractivity contribution < 1.29 is 4.79 Å². The van der Waals surface area contributed by atoms with Crippen molar-refractivity contribution in [2.45, 2.75) is 20.8 Å². The van der Waals surface area contributed by atoms with Gasteiger partial charge < -0.3 is 10.3 Å². The van der Waals surface area contributed by atoms with Crippen LogP contribution in [0.2, 0.25) is 0 Å². The Morgan fingerprint density at radius 1 is 1.33 bits per heavy atom. The Labute approximate surface area is 106 Å². The van der Waals surface area contributed by atoms with E-state index in [9.17, 15) is 4.79 Å². The number of carbonyl (C=O) groups is 1. The fourth-order valence-corrected chi connectivity index (χ4v) is 1.55. The first-order valence-corrected chi connectivity index (χ1v) is 5.87. The SMILES string of the molecule is CC(C)(C)C(=O)Nc1cnccc1-c1cc[nH]c1. The zero-order chi connectivity index (χ0) is 13.2. The molecule has 1 amide bonds. The van der Waals surface area contributed by atoms with Crippen LogP contribution in [0.3, 0.4) is 0 Å². The molecule has 2 rings (SSSR count). The number of carbonyl (C=O) groups excluding carboxylic acids is 1. The number of nitrogens with one attached hydrogen (secondary N) is 2. The van der Waals surface area contributed by atoms with Gasteiger partial charge in [0.2, 0.25) is 5.91 Å².